The molecule has 300 valence electrons. The normalized spacial score (nSPS) is 14.5. The molecule has 57 heavy (non-hydrogen) atoms. The second-order valence-electron chi connectivity index (χ2n) is 14.7. The summed E-state index contributed by atoms with van der Waals surface area (Å²) in [6.07, 6.45) is -0.916. The molecule has 6 rings (SSSR count). The Hall–Kier alpha value is -6.12. The van der Waals surface area contributed by atoms with Crippen LogP contribution in [0.4, 0.5) is 19.2 Å². The number of ether oxygens (including phenoxy) is 2. The third-order valence-corrected chi connectivity index (χ3v) is 10.6. The molecule has 0 unspecified atom stereocenters. The van der Waals surface area contributed by atoms with Gasteiger partial charge >= 0.3 is 24.2 Å². The molecule has 14 heteroatoms. The predicted octanol–water partition coefficient (Wildman–Crippen LogP) is 4.98. The Labute approximate surface area is 333 Å². The SMILES string of the molecule is CC(C)(c1ccc(OC(=O)N2CCN(C(=O)NCc3ccc(CN)cc3)CC2)cc1)c1ccc(OC(=O)N2CCN(C(=O)NCc3ccc(CN)cc3)CC2)cc1. The van der Waals surface area contributed by atoms with Crippen LogP contribution in [0.1, 0.15) is 47.2 Å². The minimum absolute atomic E-state index is 0.171. The zero-order chi connectivity index (χ0) is 40.4. The number of nitrogens with zero attached hydrogens (tertiary/aromatic N) is 4. The lowest BCUT2D eigenvalue weighted by molar-refractivity contribution is 0.116. The van der Waals surface area contributed by atoms with E-state index in [2.05, 4.69) is 24.5 Å². The maximum absolute atomic E-state index is 13.0. The summed E-state index contributed by atoms with van der Waals surface area (Å²) in [6, 6.07) is 30.1. The van der Waals surface area contributed by atoms with Gasteiger partial charge in [0.05, 0.1) is 0 Å². The van der Waals surface area contributed by atoms with E-state index in [0.29, 0.717) is 90.0 Å². The summed E-state index contributed by atoms with van der Waals surface area (Å²) in [5, 5.41) is 5.88. The minimum Gasteiger partial charge on any atom is -0.410 e. The fraction of sp³-hybridized carbons (Fsp3) is 0.349. The summed E-state index contributed by atoms with van der Waals surface area (Å²) in [5.74, 6) is 0.857. The molecule has 0 spiro atoms. The van der Waals surface area contributed by atoms with Gasteiger partial charge in [0.1, 0.15) is 11.5 Å². The molecule has 2 saturated heterocycles. The second-order valence-corrected chi connectivity index (χ2v) is 14.7. The third kappa shape index (κ3) is 10.6. The van der Waals surface area contributed by atoms with Crippen LogP contribution >= 0.6 is 0 Å². The summed E-state index contributed by atoms with van der Waals surface area (Å²) in [7, 11) is 0. The van der Waals surface area contributed by atoms with Crippen LogP contribution in [0.2, 0.25) is 0 Å². The van der Waals surface area contributed by atoms with Gasteiger partial charge in [0, 0.05) is 84.0 Å². The topological polar surface area (TPSA) is 176 Å². The van der Waals surface area contributed by atoms with Crippen LogP contribution in [0.15, 0.2) is 97.1 Å². The van der Waals surface area contributed by atoms with E-state index < -0.39 is 17.6 Å². The molecule has 2 aliphatic heterocycles. The van der Waals surface area contributed by atoms with E-state index in [1.54, 1.807) is 43.9 Å². The van der Waals surface area contributed by atoms with Crippen LogP contribution < -0.4 is 31.6 Å². The van der Waals surface area contributed by atoms with Gasteiger partial charge in [-0.25, -0.2) is 19.2 Å². The van der Waals surface area contributed by atoms with Crippen LogP contribution in [-0.4, -0.2) is 96.2 Å². The highest BCUT2D eigenvalue weighted by Gasteiger charge is 2.28. The van der Waals surface area contributed by atoms with Crippen molar-refractivity contribution in [2.75, 3.05) is 52.4 Å². The molecule has 0 radical (unpaired) electrons. The molecule has 6 amide bonds. The first-order valence-electron chi connectivity index (χ1n) is 19.3. The van der Waals surface area contributed by atoms with Crippen molar-refractivity contribution in [1.29, 1.82) is 0 Å². The Balaban J connectivity index is 0.915. The number of benzene rings is 4. The molecular formula is C43H52N8O6. The number of carbonyl (C=O) groups excluding carboxylic acids is 4. The maximum Gasteiger partial charge on any atom is 0.415 e. The Morgan fingerprint density at radius 2 is 0.789 bits per heavy atom. The Morgan fingerprint density at radius 3 is 1.11 bits per heavy atom. The van der Waals surface area contributed by atoms with Crippen molar-refractivity contribution >= 4 is 24.2 Å². The van der Waals surface area contributed by atoms with E-state index in [4.69, 9.17) is 20.9 Å². The van der Waals surface area contributed by atoms with Crippen LogP contribution in [0.3, 0.4) is 0 Å². The van der Waals surface area contributed by atoms with E-state index in [-0.39, 0.29) is 12.1 Å². The first kappa shape index (κ1) is 40.5. The lowest BCUT2D eigenvalue weighted by Crippen LogP contribution is -2.53. The van der Waals surface area contributed by atoms with Gasteiger partial charge in [0.25, 0.3) is 0 Å². The summed E-state index contributed by atoms with van der Waals surface area (Å²) >= 11 is 0. The molecule has 0 bridgehead atoms. The van der Waals surface area contributed by atoms with E-state index in [1.165, 1.54) is 0 Å². The minimum atomic E-state index is -0.458. The van der Waals surface area contributed by atoms with Crippen molar-refractivity contribution in [1.82, 2.24) is 30.2 Å². The number of nitrogens with one attached hydrogen (secondary N) is 2. The van der Waals surface area contributed by atoms with Crippen molar-refractivity contribution in [2.24, 2.45) is 11.5 Å². The number of nitrogens with two attached hydrogens (primary N) is 2. The van der Waals surface area contributed by atoms with E-state index >= 15 is 0 Å². The summed E-state index contributed by atoms with van der Waals surface area (Å²) in [5.41, 5.74) is 17.0. The van der Waals surface area contributed by atoms with E-state index in [1.807, 2.05) is 72.8 Å². The third-order valence-electron chi connectivity index (χ3n) is 10.6. The molecule has 14 nitrogen and oxygen atoms in total. The molecule has 2 aliphatic rings. The number of amides is 6. The number of piperazine rings is 2. The highest BCUT2D eigenvalue weighted by atomic mass is 16.6. The molecule has 6 N–H and O–H groups in total. The van der Waals surface area contributed by atoms with Gasteiger partial charge in [-0.3, -0.25) is 0 Å². The van der Waals surface area contributed by atoms with Crippen LogP contribution in [-0.2, 0) is 31.6 Å². The smallest absolute Gasteiger partial charge is 0.410 e. The fourth-order valence-electron chi connectivity index (χ4n) is 6.73. The Bertz CT molecular complexity index is 1830. The van der Waals surface area contributed by atoms with Crippen molar-refractivity contribution in [3.8, 4) is 11.5 Å². The lowest BCUT2D eigenvalue weighted by Gasteiger charge is -2.34. The monoisotopic (exact) mass is 776 g/mol. The van der Waals surface area contributed by atoms with Gasteiger partial charge in [-0.1, -0.05) is 86.6 Å². The van der Waals surface area contributed by atoms with Crippen molar-refractivity contribution < 1.29 is 28.7 Å². The number of rotatable bonds is 10. The van der Waals surface area contributed by atoms with E-state index in [9.17, 15) is 19.2 Å². The summed E-state index contributed by atoms with van der Waals surface area (Å²) in [6.45, 7) is 9.07. The maximum atomic E-state index is 13.0. The fourth-order valence-corrected chi connectivity index (χ4v) is 6.73. The van der Waals surface area contributed by atoms with Gasteiger partial charge in [-0.05, 0) is 57.6 Å². The Kier molecular flexibility index (Phi) is 13.3. The molecule has 2 heterocycles. The first-order valence-corrected chi connectivity index (χ1v) is 19.3. The van der Waals surface area contributed by atoms with Crippen LogP contribution in [0.5, 0.6) is 11.5 Å². The number of hydrogen-bond acceptors (Lipinski definition) is 8. The standard InChI is InChI=1S/C43H52N8O6/c1-43(2,35-11-15-37(16-12-35)56-41(54)50-23-19-48(20-24-50)39(52)46-29-33-7-3-31(27-44)4-8-33)36-13-17-38(18-14-36)57-42(55)51-25-21-49(22-26-51)40(53)47-30-34-9-5-32(28-45)6-10-34/h3-18H,19-30,44-45H2,1-2H3,(H,46,52)(H,47,53). The van der Waals surface area contributed by atoms with Gasteiger partial charge in [0.2, 0.25) is 0 Å². The predicted molar refractivity (Wildman–Crippen MR) is 216 cm³/mol. The van der Waals surface area contributed by atoms with Crippen LogP contribution in [0, 0.1) is 0 Å². The van der Waals surface area contributed by atoms with Gasteiger partial charge in [-0.2, -0.15) is 0 Å². The molecular weight excluding hydrogens is 725 g/mol. The molecule has 4 aromatic carbocycles. The van der Waals surface area contributed by atoms with Gasteiger partial charge in [-0.15, -0.1) is 0 Å². The van der Waals surface area contributed by atoms with Gasteiger partial charge < -0.3 is 51.2 Å². The molecule has 0 atom stereocenters. The number of urea groups is 2. The molecule has 0 aromatic heterocycles. The zero-order valence-corrected chi connectivity index (χ0v) is 32.6. The van der Waals surface area contributed by atoms with Crippen LogP contribution in [0.25, 0.3) is 0 Å². The first-order chi connectivity index (χ1) is 27.5. The van der Waals surface area contributed by atoms with Crippen molar-refractivity contribution in [3.05, 3.63) is 130 Å². The summed E-state index contributed by atoms with van der Waals surface area (Å²) < 4.78 is 11.4. The van der Waals surface area contributed by atoms with Gasteiger partial charge in [0.15, 0.2) is 0 Å². The highest BCUT2D eigenvalue weighted by Crippen LogP contribution is 2.33. The van der Waals surface area contributed by atoms with E-state index in [0.717, 1.165) is 33.4 Å². The second kappa shape index (κ2) is 18.7. The number of hydrogen-bond donors (Lipinski definition) is 4. The quantitative estimate of drug-likeness (QED) is 0.174. The zero-order valence-electron chi connectivity index (χ0n) is 32.6. The largest absolute Gasteiger partial charge is 0.415 e. The average molecular weight is 777 g/mol. The summed E-state index contributed by atoms with van der Waals surface area (Å²) in [4.78, 5) is 57.9. The molecule has 0 aliphatic carbocycles. The lowest BCUT2D eigenvalue weighted by atomic mass is 9.78. The Morgan fingerprint density at radius 1 is 0.491 bits per heavy atom. The number of carbonyl (C=O) groups is 4. The molecule has 2 fully saturated rings. The highest BCUT2D eigenvalue weighted by molar-refractivity contribution is 5.76. The molecule has 0 saturated carbocycles. The molecule has 4 aromatic rings. The van der Waals surface area contributed by atoms with Crippen molar-refractivity contribution in [2.45, 2.75) is 45.4 Å². The average Bonchev–Trinajstić information content (AvgIpc) is 3.25. The van der Waals surface area contributed by atoms with Crippen molar-refractivity contribution in [3.63, 3.8) is 0 Å².